The van der Waals surface area contributed by atoms with Crippen LogP contribution in [0.3, 0.4) is 0 Å². The van der Waals surface area contributed by atoms with Crippen molar-refractivity contribution < 1.29 is 27.5 Å². The average Bonchev–Trinajstić information content (AvgIpc) is 2.96. The van der Waals surface area contributed by atoms with Gasteiger partial charge in [-0.05, 0) is 76.1 Å². The fourth-order valence-corrected chi connectivity index (χ4v) is 5.96. The van der Waals surface area contributed by atoms with Crippen LogP contribution in [0.4, 0.5) is 5.69 Å². The maximum atomic E-state index is 14.3. The summed E-state index contributed by atoms with van der Waals surface area (Å²) in [5.74, 6) is 0.0585. The van der Waals surface area contributed by atoms with Crippen molar-refractivity contribution in [2.24, 2.45) is 0 Å². The monoisotopic (exact) mass is 595 g/mol. The summed E-state index contributed by atoms with van der Waals surface area (Å²) in [6.45, 7) is 9.04. The molecular weight excluding hydrogens is 554 g/mol. The summed E-state index contributed by atoms with van der Waals surface area (Å²) >= 11 is 0. The summed E-state index contributed by atoms with van der Waals surface area (Å²) in [6.07, 6.45) is 0.318. The lowest BCUT2D eigenvalue weighted by molar-refractivity contribution is -0.141. The van der Waals surface area contributed by atoms with Crippen LogP contribution in [-0.4, -0.2) is 57.0 Å². The highest BCUT2D eigenvalue weighted by atomic mass is 32.2. The maximum absolute atomic E-state index is 14.3. The Morgan fingerprint density at radius 3 is 2.21 bits per heavy atom. The predicted octanol–water partition coefficient (Wildman–Crippen LogP) is 5.01. The third-order valence-corrected chi connectivity index (χ3v) is 8.19. The van der Waals surface area contributed by atoms with Gasteiger partial charge in [-0.2, -0.15) is 0 Å². The van der Waals surface area contributed by atoms with E-state index in [-0.39, 0.29) is 23.0 Å². The number of ether oxygens (including phenoxy) is 2. The zero-order valence-electron chi connectivity index (χ0n) is 25.2. The molecule has 0 fully saturated rings. The van der Waals surface area contributed by atoms with Crippen molar-refractivity contribution in [3.8, 4) is 11.5 Å². The molecule has 0 unspecified atom stereocenters. The minimum atomic E-state index is -4.20. The van der Waals surface area contributed by atoms with Crippen LogP contribution in [0.2, 0.25) is 0 Å². The summed E-state index contributed by atoms with van der Waals surface area (Å²) in [5.41, 5.74) is 0.427. The lowest BCUT2D eigenvalue weighted by Gasteiger charge is -2.35. The molecule has 0 heterocycles. The molecule has 9 nitrogen and oxygen atoms in total. The van der Waals surface area contributed by atoms with Crippen LogP contribution >= 0.6 is 0 Å². The molecule has 1 atom stereocenters. The van der Waals surface area contributed by atoms with Gasteiger partial charge in [0, 0.05) is 12.1 Å². The number of benzene rings is 3. The number of methoxy groups -OCH3 is 1. The van der Waals surface area contributed by atoms with Gasteiger partial charge >= 0.3 is 0 Å². The van der Waals surface area contributed by atoms with E-state index in [0.717, 1.165) is 9.87 Å². The van der Waals surface area contributed by atoms with Crippen LogP contribution in [-0.2, 0) is 26.2 Å². The van der Waals surface area contributed by atoms with Gasteiger partial charge in [0.2, 0.25) is 11.8 Å². The van der Waals surface area contributed by atoms with Crippen LogP contribution in [0, 0.1) is 0 Å². The van der Waals surface area contributed by atoms with Crippen molar-refractivity contribution in [1.82, 2.24) is 10.2 Å². The van der Waals surface area contributed by atoms with Crippen LogP contribution in [0.1, 0.15) is 46.6 Å². The normalized spacial score (nSPS) is 12.2. The smallest absolute Gasteiger partial charge is 0.264 e. The van der Waals surface area contributed by atoms with Crippen LogP contribution in [0.5, 0.6) is 11.5 Å². The summed E-state index contributed by atoms with van der Waals surface area (Å²) in [6, 6.07) is 21.0. The highest BCUT2D eigenvalue weighted by Crippen LogP contribution is 2.33. The van der Waals surface area contributed by atoms with E-state index >= 15 is 0 Å². The van der Waals surface area contributed by atoms with Crippen molar-refractivity contribution in [3.63, 3.8) is 0 Å². The molecule has 3 aromatic carbocycles. The topological polar surface area (TPSA) is 105 Å². The molecule has 1 N–H and O–H groups in total. The van der Waals surface area contributed by atoms with E-state index in [1.165, 1.54) is 17.0 Å². The predicted molar refractivity (Wildman–Crippen MR) is 164 cm³/mol. The second kappa shape index (κ2) is 14.2. The lowest BCUT2D eigenvalue weighted by Crippen LogP contribution is -2.55. The molecule has 42 heavy (non-hydrogen) atoms. The molecule has 0 aromatic heterocycles. The Bertz CT molecular complexity index is 1450. The number of rotatable bonds is 13. The fraction of sp³-hybridized carbons (Fsp3) is 0.375. The largest absolute Gasteiger partial charge is 0.497 e. The van der Waals surface area contributed by atoms with Gasteiger partial charge in [0.05, 0.1) is 24.3 Å². The number of nitrogens with zero attached hydrogens (tertiary/aromatic N) is 2. The van der Waals surface area contributed by atoms with E-state index in [0.29, 0.717) is 24.5 Å². The summed E-state index contributed by atoms with van der Waals surface area (Å²) in [7, 11) is -2.65. The van der Waals surface area contributed by atoms with Crippen molar-refractivity contribution in [1.29, 1.82) is 0 Å². The third kappa shape index (κ3) is 8.25. The Hall–Kier alpha value is -4.05. The van der Waals surface area contributed by atoms with E-state index in [1.54, 1.807) is 74.7 Å². The molecule has 10 heteroatoms. The second-order valence-corrected chi connectivity index (χ2v) is 12.6. The number of carbonyl (C=O) groups is 2. The average molecular weight is 596 g/mol. The molecule has 3 rings (SSSR count). The first kappa shape index (κ1) is 32.5. The number of hydrogen-bond acceptors (Lipinski definition) is 6. The van der Waals surface area contributed by atoms with Gasteiger partial charge in [0.15, 0.2) is 0 Å². The first-order valence-corrected chi connectivity index (χ1v) is 15.4. The zero-order valence-corrected chi connectivity index (χ0v) is 26.0. The molecular formula is C32H41N3O6S. The van der Waals surface area contributed by atoms with E-state index < -0.39 is 34.1 Å². The van der Waals surface area contributed by atoms with Crippen molar-refractivity contribution in [3.05, 3.63) is 84.4 Å². The number of carbonyl (C=O) groups excluding carboxylic acids is 2. The number of nitrogens with one attached hydrogen (secondary N) is 1. The number of para-hydroxylation sites is 2. The van der Waals surface area contributed by atoms with Gasteiger partial charge in [-0.1, -0.05) is 49.4 Å². The molecule has 0 aliphatic heterocycles. The third-order valence-electron chi connectivity index (χ3n) is 6.42. The minimum absolute atomic E-state index is 0.0287. The van der Waals surface area contributed by atoms with E-state index in [4.69, 9.17) is 9.47 Å². The molecule has 0 saturated carbocycles. The summed E-state index contributed by atoms with van der Waals surface area (Å²) < 4.78 is 40.3. The van der Waals surface area contributed by atoms with Crippen LogP contribution < -0.4 is 19.1 Å². The van der Waals surface area contributed by atoms with Gasteiger partial charge in [0.25, 0.3) is 10.0 Å². The Morgan fingerprint density at radius 1 is 0.929 bits per heavy atom. The first-order valence-electron chi connectivity index (χ1n) is 13.9. The van der Waals surface area contributed by atoms with Gasteiger partial charge in [-0.25, -0.2) is 8.42 Å². The van der Waals surface area contributed by atoms with Gasteiger partial charge in [-0.3, -0.25) is 13.9 Å². The van der Waals surface area contributed by atoms with E-state index in [1.807, 2.05) is 33.8 Å². The highest BCUT2D eigenvalue weighted by molar-refractivity contribution is 7.92. The summed E-state index contributed by atoms with van der Waals surface area (Å²) in [5, 5.41) is 2.97. The Labute approximate surface area is 249 Å². The Kier molecular flexibility index (Phi) is 11.0. The maximum Gasteiger partial charge on any atom is 0.264 e. The molecule has 0 bridgehead atoms. The number of sulfonamides is 1. The highest BCUT2D eigenvalue weighted by Gasteiger charge is 2.35. The standard InChI is InChI=1S/C32H41N3O6S/c1-7-27(31(37)33-32(3,4)5)34(22-24-15-14-16-25(21-24)40-6)30(36)23-35(28-19-12-13-20-29(28)41-8-2)42(38,39)26-17-10-9-11-18-26/h9-21,27H,7-8,22-23H2,1-6H3,(H,33,37)/t27-/m1/s1. The fourth-order valence-electron chi connectivity index (χ4n) is 4.51. The molecule has 226 valence electrons. The van der Waals surface area contributed by atoms with Crippen molar-refractivity contribution in [2.45, 2.75) is 64.1 Å². The Balaban J connectivity index is 2.12. The van der Waals surface area contributed by atoms with Gasteiger partial charge < -0.3 is 19.7 Å². The molecule has 0 spiro atoms. The quantitative estimate of drug-likeness (QED) is 0.298. The number of amides is 2. The molecule has 0 saturated heterocycles. The molecule has 2 amide bonds. The second-order valence-electron chi connectivity index (χ2n) is 10.8. The van der Waals surface area contributed by atoms with Gasteiger partial charge in [-0.15, -0.1) is 0 Å². The van der Waals surface area contributed by atoms with Crippen molar-refractivity contribution >= 4 is 27.5 Å². The SMILES string of the molecule is CCOc1ccccc1N(CC(=O)N(Cc1cccc(OC)c1)[C@H](CC)C(=O)NC(C)(C)C)S(=O)(=O)c1ccccc1. The number of hydrogen-bond donors (Lipinski definition) is 1. The van der Waals surface area contributed by atoms with Gasteiger partial charge in [0.1, 0.15) is 24.1 Å². The van der Waals surface area contributed by atoms with Crippen molar-refractivity contribution in [2.75, 3.05) is 24.6 Å². The van der Waals surface area contributed by atoms with E-state index in [9.17, 15) is 18.0 Å². The minimum Gasteiger partial charge on any atom is -0.497 e. The molecule has 0 aliphatic rings. The zero-order chi connectivity index (χ0) is 30.9. The summed E-state index contributed by atoms with van der Waals surface area (Å²) in [4.78, 5) is 29.2. The van der Waals surface area contributed by atoms with Crippen LogP contribution in [0.15, 0.2) is 83.8 Å². The molecule has 0 aliphatic carbocycles. The number of anilines is 1. The van der Waals surface area contributed by atoms with E-state index in [2.05, 4.69) is 5.32 Å². The first-order chi connectivity index (χ1) is 19.9. The molecule has 3 aromatic rings. The van der Waals surface area contributed by atoms with Crippen LogP contribution in [0.25, 0.3) is 0 Å². The Morgan fingerprint density at radius 2 is 1.60 bits per heavy atom. The lowest BCUT2D eigenvalue weighted by atomic mass is 10.1. The molecule has 0 radical (unpaired) electrons.